The Bertz CT molecular complexity index is 656. The molecule has 0 saturated carbocycles. The predicted molar refractivity (Wildman–Crippen MR) is 81.6 cm³/mol. The van der Waals surface area contributed by atoms with E-state index in [2.05, 4.69) is 5.32 Å². The molecule has 5 heteroatoms. The van der Waals surface area contributed by atoms with Crippen molar-refractivity contribution in [1.29, 1.82) is 0 Å². The molecule has 20 heavy (non-hydrogen) atoms. The van der Waals surface area contributed by atoms with Gasteiger partial charge in [-0.3, -0.25) is 4.79 Å². The van der Waals surface area contributed by atoms with Crippen molar-refractivity contribution < 1.29 is 9.90 Å². The number of hydrogen-bond acceptors (Lipinski definition) is 3. The van der Waals surface area contributed by atoms with Crippen molar-refractivity contribution in [3.8, 4) is 5.75 Å². The molecule has 0 aliphatic rings. The number of phenolic OH excluding ortho intramolecular Hbond substituents is 1. The number of thiocarbonyl (C=S) groups is 1. The molecular formula is C15H14N2O2S. The summed E-state index contributed by atoms with van der Waals surface area (Å²) in [7, 11) is 0. The third-order valence-corrected chi connectivity index (χ3v) is 3.01. The molecule has 0 radical (unpaired) electrons. The van der Waals surface area contributed by atoms with Gasteiger partial charge in [0.1, 0.15) is 10.7 Å². The molecule has 2 aromatic rings. The van der Waals surface area contributed by atoms with Crippen LogP contribution in [0.4, 0.5) is 0 Å². The largest absolute Gasteiger partial charge is 0.508 e. The average molecular weight is 286 g/mol. The second-order valence-electron chi connectivity index (χ2n) is 4.30. The van der Waals surface area contributed by atoms with Gasteiger partial charge in [-0.15, -0.1) is 0 Å². The van der Waals surface area contributed by atoms with Gasteiger partial charge in [0, 0.05) is 17.7 Å². The quantitative estimate of drug-likeness (QED) is 0.751. The molecule has 0 aliphatic carbocycles. The number of carbonyl (C=O) groups excluding carboxylic acids is 1. The third-order valence-electron chi connectivity index (χ3n) is 2.77. The van der Waals surface area contributed by atoms with E-state index in [1.54, 1.807) is 12.1 Å². The molecule has 2 aromatic carbocycles. The fourth-order valence-corrected chi connectivity index (χ4v) is 1.89. The normalized spacial score (nSPS) is 10.0. The third kappa shape index (κ3) is 3.55. The van der Waals surface area contributed by atoms with Crippen LogP contribution in [0.3, 0.4) is 0 Å². The summed E-state index contributed by atoms with van der Waals surface area (Å²) < 4.78 is 0. The van der Waals surface area contributed by atoms with Crippen molar-refractivity contribution in [3.05, 3.63) is 65.2 Å². The van der Waals surface area contributed by atoms with Gasteiger partial charge in [-0.25, -0.2) is 0 Å². The van der Waals surface area contributed by atoms with Crippen LogP contribution in [-0.4, -0.2) is 16.0 Å². The van der Waals surface area contributed by atoms with E-state index in [4.69, 9.17) is 18.0 Å². The average Bonchev–Trinajstić information content (AvgIpc) is 2.45. The highest BCUT2D eigenvalue weighted by Crippen LogP contribution is 2.11. The Kier molecular flexibility index (Phi) is 4.32. The highest BCUT2D eigenvalue weighted by Gasteiger charge is 2.06. The lowest BCUT2D eigenvalue weighted by Gasteiger charge is -2.07. The standard InChI is InChI=1S/C15H14N2O2S/c16-14(20)11-4-1-3-10(7-11)9-17-15(19)12-5-2-6-13(18)8-12/h1-8,18H,9H2,(H2,16,20)(H,17,19). The van der Waals surface area contributed by atoms with Gasteiger partial charge in [-0.2, -0.15) is 0 Å². The summed E-state index contributed by atoms with van der Waals surface area (Å²) in [6, 6.07) is 13.6. The lowest BCUT2D eigenvalue weighted by molar-refractivity contribution is 0.0950. The summed E-state index contributed by atoms with van der Waals surface area (Å²) in [6.45, 7) is 0.366. The van der Waals surface area contributed by atoms with Gasteiger partial charge in [0.2, 0.25) is 0 Å². The van der Waals surface area contributed by atoms with Gasteiger partial charge >= 0.3 is 0 Å². The number of aromatic hydroxyl groups is 1. The summed E-state index contributed by atoms with van der Waals surface area (Å²) >= 11 is 4.91. The van der Waals surface area contributed by atoms with Gasteiger partial charge < -0.3 is 16.2 Å². The van der Waals surface area contributed by atoms with Crippen LogP contribution in [0.2, 0.25) is 0 Å². The second-order valence-corrected chi connectivity index (χ2v) is 4.74. The molecule has 0 fully saturated rings. The van der Waals surface area contributed by atoms with E-state index in [0.29, 0.717) is 17.1 Å². The zero-order chi connectivity index (χ0) is 14.5. The van der Waals surface area contributed by atoms with Crippen LogP contribution in [0, 0.1) is 0 Å². The molecule has 0 bridgehead atoms. The second kappa shape index (κ2) is 6.16. The van der Waals surface area contributed by atoms with Crippen LogP contribution < -0.4 is 11.1 Å². The van der Waals surface area contributed by atoms with Gasteiger partial charge in [-0.1, -0.05) is 36.5 Å². The van der Waals surface area contributed by atoms with Gasteiger partial charge in [0.15, 0.2) is 0 Å². The number of benzene rings is 2. The molecule has 102 valence electrons. The molecule has 2 rings (SSSR count). The van der Waals surface area contributed by atoms with E-state index in [9.17, 15) is 9.90 Å². The lowest BCUT2D eigenvalue weighted by Crippen LogP contribution is -2.23. The molecule has 0 saturated heterocycles. The molecule has 0 spiro atoms. The lowest BCUT2D eigenvalue weighted by atomic mass is 10.1. The Balaban J connectivity index is 2.03. The van der Waals surface area contributed by atoms with E-state index in [0.717, 1.165) is 11.1 Å². The van der Waals surface area contributed by atoms with Crippen molar-refractivity contribution in [2.24, 2.45) is 5.73 Å². The van der Waals surface area contributed by atoms with Crippen molar-refractivity contribution in [3.63, 3.8) is 0 Å². The van der Waals surface area contributed by atoms with E-state index in [1.807, 2.05) is 24.3 Å². The van der Waals surface area contributed by atoms with Gasteiger partial charge in [0.25, 0.3) is 5.91 Å². The van der Waals surface area contributed by atoms with E-state index in [-0.39, 0.29) is 11.7 Å². The maximum Gasteiger partial charge on any atom is 0.251 e. The first kappa shape index (κ1) is 14.0. The predicted octanol–water partition coefficient (Wildman–Crippen LogP) is 1.96. The Morgan fingerprint density at radius 1 is 1.15 bits per heavy atom. The summed E-state index contributed by atoms with van der Waals surface area (Å²) in [5.41, 5.74) is 7.65. The van der Waals surface area contributed by atoms with E-state index in [1.165, 1.54) is 12.1 Å². The first-order chi connectivity index (χ1) is 9.56. The highest BCUT2D eigenvalue weighted by atomic mass is 32.1. The minimum atomic E-state index is -0.248. The molecule has 1 amide bonds. The Hall–Kier alpha value is -2.40. The monoisotopic (exact) mass is 286 g/mol. The zero-order valence-electron chi connectivity index (χ0n) is 10.7. The summed E-state index contributed by atoms with van der Waals surface area (Å²) in [5.74, 6) is -0.185. The Morgan fingerprint density at radius 3 is 2.55 bits per heavy atom. The molecule has 0 unspecified atom stereocenters. The van der Waals surface area contributed by atoms with E-state index < -0.39 is 0 Å². The SMILES string of the molecule is NC(=S)c1cccc(CNC(=O)c2cccc(O)c2)c1. The van der Waals surface area contributed by atoms with Gasteiger partial charge in [0.05, 0.1) is 0 Å². The molecule has 0 heterocycles. The van der Waals surface area contributed by atoms with Crippen LogP contribution in [0.25, 0.3) is 0 Å². The summed E-state index contributed by atoms with van der Waals surface area (Å²) in [4.78, 5) is 12.2. The smallest absolute Gasteiger partial charge is 0.251 e. The summed E-state index contributed by atoms with van der Waals surface area (Å²) in [6.07, 6.45) is 0. The maximum absolute atomic E-state index is 11.9. The number of nitrogens with one attached hydrogen (secondary N) is 1. The summed E-state index contributed by atoms with van der Waals surface area (Å²) in [5, 5.41) is 12.1. The number of carbonyl (C=O) groups is 1. The maximum atomic E-state index is 11.9. The Labute approximate surface area is 122 Å². The topological polar surface area (TPSA) is 75.3 Å². The molecular weight excluding hydrogens is 272 g/mol. The zero-order valence-corrected chi connectivity index (χ0v) is 11.5. The van der Waals surface area contributed by atoms with Crippen LogP contribution in [-0.2, 0) is 6.54 Å². The van der Waals surface area contributed by atoms with Gasteiger partial charge in [-0.05, 0) is 29.8 Å². The van der Waals surface area contributed by atoms with Crippen molar-refractivity contribution in [2.75, 3.05) is 0 Å². The molecule has 0 aromatic heterocycles. The number of rotatable bonds is 4. The van der Waals surface area contributed by atoms with Crippen LogP contribution in [0.5, 0.6) is 5.75 Å². The fourth-order valence-electron chi connectivity index (χ4n) is 1.77. The van der Waals surface area contributed by atoms with Crippen molar-refractivity contribution >= 4 is 23.1 Å². The van der Waals surface area contributed by atoms with Crippen LogP contribution in [0.1, 0.15) is 21.5 Å². The van der Waals surface area contributed by atoms with E-state index >= 15 is 0 Å². The molecule has 0 aliphatic heterocycles. The van der Waals surface area contributed by atoms with Crippen molar-refractivity contribution in [1.82, 2.24) is 5.32 Å². The highest BCUT2D eigenvalue weighted by molar-refractivity contribution is 7.80. The van der Waals surface area contributed by atoms with Crippen LogP contribution >= 0.6 is 12.2 Å². The number of nitrogens with two attached hydrogens (primary N) is 1. The number of amides is 1. The molecule has 0 atom stereocenters. The number of hydrogen-bond donors (Lipinski definition) is 3. The first-order valence-corrected chi connectivity index (χ1v) is 6.43. The first-order valence-electron chi connectivity index (χ1n) is 6.02. The fraction of sp³-hybridized carbons (Fsp3) is 0.0667. The number of phenols is 1. The minimum absolute atomic E-state index is 0.0631. The van der Waals surface area contributed by atoms with Crippen LogP contribution in [0.15, 0.2) is 48.5 Å². The Morgan fingerprint density at radius 2 is 1.85 bits per heavy atom. The molecule has 4 N–H and O–H groups in total. The minimum Gasteiger partial charge on any atom is -0.508 e. The molecule has 4 nitrogen and oxygen atoms in total. The van der Waals surface area contributed by atoms with Crippen molar-refractivity contribution in [2.45, 2.75) is 6.54 Å².